The summed E-state index contributed by atoms with van der Waals surface area (Å²) in [7, 11) is -3.79. The van der Waals surface area contributed by atoms with E-state index in [9.17, 15) is 13.2 Å². The van der Waals surface area contributed by atoms with E-state index >= 15 is 0 Å². The molecule has 1 fully saturated rings. The highest BCUT2D eigenvalue weighted by atomic mass is 32.2. The molecular formula is C21H24N2O5S. The second-order valence-electron chi connectivity index (χ2n) is 7.19. The van der Waals surface area contributed by atoms with Crippen molar-refractivity contribution < 1.29 is 22.7 Å². The van der Waals surface area contributed by atoms with E-state index in [4.69, 9.17) is 9.47 Å². The lowest BCUT2D eigenvalue weighted by Gasteiger charge is -2.26. The highest BCUT2D eigenvalue weighted by molar-refractivity contribution is 7.92. The van der Waals surface area contributed by atoms with E-state index in [1.54, 1.807) is 30.3 Å². The third kappa shape index (κ3) is 4.48. The lowest BCUT2D eigenvalue weighted by Crippen LogP contribution is -2.35. The Labute approximate surface area is 170 Å². The van der Waals surface area contributed by atoms with Gasteiger partial charge in [-0.25, -0.2) is 8.42 Å². The number of piperidine rings is 1. The third-order valence-corrected chi connectivity index (χ3v) is 6.44. The van der Waals surface area contributed by atoms with E-state index in [2.05, 4.69) is 4.72 Å². The number of fused-ring (bicyclic) bond motifs is 1. The number of anilines is 1. The standard InChI is InChI=1S/C21H24N2O5S/c24-21(23-11-2-1-3-12-23)16-5-7-17(8-6-16)22-29(25,26)18-9-10-19-20(15-18)28-14-4-13-27-19/h5-10,15,22H,1-4,11-14H2. The molecule has 0 spiro atoms. The number of likely N-dealkylation sites (tertiary alicyclic amines) is 1. The first-order chi connectivity index (χ1) is 14.0. The number of nitrogens with one attached hydrogen (secondary N) is 1. The van der Waals surface area contributed by atoms with E-state index in [1.165, 1.54) is 12.1 Å². The molecule has 2 aliphatic heterocycles. The first kappa shape index (κ1) is 19.6. The average molecular weight is 416 g/mol. The number of carbonyl (C=O) groups excluding carboxylic acids is 1. The summed E-state index contributed by atoms with van der Waals surface area (Å²) in [6.45, 7) is 2.57. The van der Waals surface area contributed by atoms with Gasteiger partial charge in [0.15, 0.2) is 11.5 Å². The fourth-order valence-electron chi connectivity index (χ4n) is 3.49. The molecule has 0 aliphatic carbocycles. The molecule has 2 aromatic carbocycles. The van der Waals surface area contributed by atoms with Gasteiger partial charge in [-0.15, -0.1) is 0 Å². The molecule has 0 bridgehead atoms. The second-order valence-corrected chi connectivity index (χ2v) is 8.88. The van der Waals surface area contributed by atoms with Crippen molar-refractivity contribution >= 4 is 21.6 Å². The summed E-state index contributed by atoms with van der Waals surface area (Å²) in [5, 5.41) is 0. The van der Waals surface area contributed by atoms with Gasteiger partial charge >= 0.3 is 0 Å². The van der Waals surface area contributed by atoms with Crippen LogP contribution in [0.5, 0.6) is 11.5 Å². The first-order valence-corrected chi connectivity index (χ1v) is 11.3. The van der Waals surface area contributed by atoms with Gasteiger partial charge < -0.3 is 14.4 Å². The van der Waals surface area contributed by atoms with Gasteiger partial charge in [-0.2, -0.15) is 0 Å². The molecule has 2 aromatic rings. The fourth-order valence-corrected chi connectivity index (χ4v) is 4.56. The van der Waals surface area contributed by atoms with Crippen LogP contribution in [0, 0.1) is 0 Å². The summed E-state index contributed by atoms with van der Waals surface area (Å²) in [4.78, 5) is 14.5. The molecule has 2 heterocycles. The molecule has 29 heavy (non-hydrogen) atoms. The number of sulfonamides is 1. The largest absolute Gasteiger partial charge is 0.490 e. The van der Waals surface area contributed by atoms with Crippen molar-refractivity contribution in [2.24, 2.45) is 0 Å². The predicted molar refractivity (Wildman–Crippen MR) is 109 cm³/mol. The Hall–Kier alpha value is -2.74. The van der Waals surface area contributed by atoms with Crippen molar-refractivity contribution in [3.8, 4) is 11.5 Å². The van der Waals surface area contributed by atoms with Crippen LogP contribution in [0.25, 0.3) is 0 Å². The summed E-state index contributed by atoms with van der Waals surface area (Å²) in [5.41, 5.74) is 0.956. The van der Waals surface area contributed by atoms with E-state index in [0.717, 1.165) is 38.8 Å². The van der Waals surface area contributed by atoms with E-state index < -0.39 is 10.0 Å². The van der Waals surface area contributed by atoms with Gasteiger partial charge in [0.2, 0.25) is 0 Å². The van der Waals surface area contributed by atoms with Crippen molar-refractivity contribution in [1.82, 2.24) is 4.90 Å². The maximum Gasteiger partial charge on any atom is 0.262 e. The fraction of sp³-hybridized carbons (Fsp3) is 0.381. The molecule has 2 aliphatic rings. The number of rotatable bonds is 4. The van der Waals surface area contributed by atoms with Crippen LogP contribution < -0.4 is 14.2 Å². The van der Waals surface area contributed by atoms with E-state index in [1.807, 2.05) is 4.90 Å². The van der Waals surface area contributed by atoms with Gasteiger partial charge in [-0.1, -0.05) is 0 Å². The number of nitrogens with zero attached hydrogens (tertiary/aromatic N) is 1. The van der Waals surface area contributed by atoms with Gasteiger partial charge in [-0.05, 0) is 55.7 Å². The summed E-state index contributed by atoms with van der Waals surface area (Å²) in [5.74, 6) is 0.955. The van der Waals surface area contributed by atoms with Crippen LogP contribution >= 0.6 is 0 Å². The van der Waals surface area contributed by atoms with Gasteiger partial charge in [-0.3, -0.25) is 9.52 Å². The van der Waals surface area contributed by atoms with Crippen LogP contribution in [0.1, 0.15) is 36.0 Å². The second kappa shape index (κ2) is 8.32. The zero-order valence-electron chi connectivity index (χ0n) is 16.1. The van der Waals surface area contributed by atoms with E-state index in [-0.39, 0.29) is 10.8 Å². The normalized spacial score (nSPS) is 16.8. The van der Waals surface area contributed by atoms with Crippen molar-refractivity contribution in [3.05, 3.63) is 48.0 Å². The minimum atomic E-state index is -3.79. The number of ether oxygens (including phenoxy) is 2. The predicted octanol–water partition coefficient (Wildman–Crippen LogP) is 3.27. The lowest BCUT2D eigenvalue weighted by molar-refractivity contribution is 0.0724. The van der Waals surface area contributed by atoms with Gasteiger partial charge in [0, 0.05) is 36.8 Å². The molecule has 0 unspecified atom stereocenters. The molecule has 0 radical (unpaired) electrons. The van der Waals surface area contributed by atoms with Crippen molar-refractivity contribution in [3.63, 3.8) is 0 Å². The SMILES string of the molecule is O=C(c1ccc(NS(=O)(=O)c2ccc3c(c2)OCCCO3)cc1)N1CCCCC1. The number of hydrogen-bond donors (Lipinski definition) is 1. The maximum atomic E-state index is 12.8. The minimum absolute atomic E-state index is 0.0120. The third-order valence-electron chi connectivity index (χ3n) is 5.06. The molecular weight excluding hydrogens is 392 g/mol. The number of hydrogen-bond acceptors (Lipinski definition) is 5. The molecule has 0 aromatic heterocycles. The quantitative estimate of drug-likeness (QED) is 0.827. The Kier molecular flexibility index (Phi) is 5.62. The molecule has 7 nitrogen and oxygen atoms in total. The number of benzene rings is 2. The van der Waals surface area contributed by atoms with Crippen LogP contribution in [0.15, 0.2) is 47.4 Å². The lowest BCUT2D eigenvalue weighted by atomic mass is 10.1. The van der Waals surface area contributed by atoms with Crippen LogP contribution in [-0.2, 0) is 10.0 Å². The molecule has 1 saturated heterocycles. The molecule has 8 heteroatoms. The smallest absolute Gasteiger partial charge is 0.262 e. The summed E-state index contributed by atoms with van der Waals surface area (Å²) < 4.78 is 39.2. The molecule has 1 amide bonds. The van der Waals surface area contributed by atoms with Gasteiger partial charge in [0.05, 0.1) is 18.1 Å². The average Bonchev–Trinajstić information content (AvgIpc) is 2.99. The topological polar surface area (TPSA) is 84.9 Å². The molecule has 4 rings (SSSR count). The van der Waals surface area contributed by atoms with Crippen LogP contribution in [-0.4, -0.2) is 45.5 Å². The van der Waals surface area contributed by atoms with Crippen molar-refractivity contribution in [2.75, 3.05) is 31.0 Å². The zero-order chi connectivity index (χ0) is 20.3. The van der Waals surface area contributed by atoms with Gasteiger partial charge in [0.25, 0.3) is 15.9 Å². The van der Waals surface area contributed by atoms with E-state index in [0.29, 0.717) is 36.0 Å². The zero-order valence-corrected chi connectivity index (χ0v) is 16.9. The Morgan fingerprint density at radius 3 is 2.28 bits per heavy atom. The van der Waals surface area contributed by atoms with Crippen LogP contribution in [0.2, 0.25) is 0 Å². The molecule has 0 saturated carbocycles. The number of amides is 1. The molecule has 1 N–H and O–H groups in total. The Bertz CT molecular complexity index is 983. The molecule has 154 valence electrons. The summed E-state index contributed by atoms with van der Waals surface area (Å²) >= 11 is 0. The summed E-state index contributed by atoms with van der Waals surface area (Å²) in [6.07, 6.45) is 3.96. The van der Waals surface area contributed by atoms with Crippen LogP contribution in [0.4, 0.5) is 5.69 Å². The first-order valence-electron chi connectivity index (χ1n) is 9.85. The Morgan fingerprint density at radius 2 is 1.55 bits per heavy atom. The minimum Gasteiger partial charge on any atom is -0.490 e. The summed E-state index contributed by atoms with van der Waals surface area (Å²) in [6, 6.07) is 11.1. The number of carbonyl (C=O) groups is 1. The van der Waals surface area contributed by atoms with Gasteiger partial charge in [0.1, 0.15) is 0 Å². The molecule has 0 atom stereocenters. The monoisotopic (exact) mass is 416 g/mol. The maximum absolute atomic E-state index is 12.8. The van der Waals surface area contributed by atoms with Crippen LogP contribution in [0.3, 0.4) is 0 Å². The van der Waals surface area contributed by atoms with Crippen molar-refractivity contribution in [2.45, 2.75) is 30.6 Å². The Balaban J connectivity index is 1.48. The highest BCUT2D eigenvalue weighted by Gasteiger charge is 2.20. The Morgan fingerprint density at radius 1 is 0.862 bits per heavy atom. The highest BCUT2D eigenvalue weighted by Crippen LogP contribution is 2.32. The van der Waals surface area contributed by atoms with Crippen molar-refractivity contribution in [1.29, 1.82) is 0 Å².